The summed E-state index contributed by atoms with van der Waals surface area (Å²) >= 11 is 0. The maximum Gasteiger partial charge on any atom is 0.319 e. The minimum absolute atomic E-state index is 0.168. The zero-order chi connectivity index (χ0) is 14.1. The van der Waals surface area contributed by atoms with E-state index in [-0.39, 0.29) is 6.03 Å². The quantitative estimate of drug-likeness (QED) is 0.885. The number of aryl methyl sites for hydroxylation is 2. The maximum absolute atomic E-state index is 11.6. The molecule has 4 heteroatoms. The first-order chi connectivity index (χ1) is 9.65. The number of benzene rings is 1. The number of nitrogens with one attached hydrogen (secondary N) is 1. The molecule has 1 aromatic carbocycles. The molecule has 0 spiro atoms. The van der Waals surface area contributed by atoms with Gasteiger partial charge in [0.25, 0.3) is 0 Å². The Labute approximate surface area is 119 Å². The van der Waals surface area contributed by atoms with Crippen molar-refractivity contribution in [3.05, 3.63) is 41.0 Å². The molecule has 1 aliphatic heterocycles. The Morgan fingerprint density at radius 2 is 2.30 bits per heavy atom. The van der Waals surface area contributed by atoms with Crippen molar-refractivity contribution in [3.8, 4) is 0 Å². The number of aliphatic hydroxyl groups is 1. The molecule has 1 heterocycles. The Kier molecular flexibility index (Phi) is 3.49. The summed E-state index contributed by atoms with van der Waals surface area (Å²) in [6.07, 6.45) is 4.51. The second-order valence-corrected chi connectivity index (χ2v) is 5.54. The zero-order valence-electron chi connectivity index (χ0n) is 11.7. The lowest BCUT2D eigenvalue weighted by Gasteiger charge is -2.22. The van der Waals surface area contributed by atoms with Gasteiger partial charge < -0.3 is 10.4 Å². The molecule has 106 valence electrons. The first kappa shape index (κ1) is 13.2. The third-order valence-electron chi connectivity index (χ3n) is 4.09. The summed E-state index contributed by atoms with van der Waals surface area (Å²) in [5.41, 5.74) is 5.25. The van der Waals surface area contributed by atoms with E-state index in [0.717, 1.165) is 19.3 Å². The highest BCUT2D eigenvalue weighted by Crippen LogP contribution is 2.30. The van der Waals surface area contributed by atoms with Crippen LogP contribution < -0.4 is 5.32 Å². The topological polar surface area (TPSA) is 52.6 Å². The number of urea groups is 1. The molecular weight excluding hydrogens is 252 g/mol. The Morgan fingerprint density at radius 1 is 1.45 bits per heavy atom. The van der Waals surface area contributed by atoms with Gasteiger partial charge in [-0.3, -0.25) is 4.90 Å². The summed E-state index contributed by atoms with van der Waals surface area (Å²) in [6, 6.07) is 6.41. The molecule has 0 saturated carbocycles. The fourth-order valence-electron chi connectivity index (χ4n) is 2.97. The van der Waals surface area contributed by atoms with Crippen LogP contribution in [0, 0.1) is 6.92 Å². The highest BCUT2D eigenvalue weighted by atomic mass is 16.3. The van der Waals surface area contributed by atoms with E-state index >= 15 is 0 Å². The van der Waals surface area contributed by atoms with E-state index in [1.54, 1.807) is 0 Å². The Morgan fingerprint density at radius 3 is 3.05 bits per heavy atom. The summed E-state index contributed by atoms with van der Waals surface area (Å²) in [7, 11) is 0. The number of allylic oxidation sites excluding steroid dienone is 1. The van der Waals surface area contributed by atoms with E-state index < -0.39 is 6.23 Å². The highest BCUT2D eigenvalue weighted by Gasteiger charge is 2.28. The van der Waals surface area contributed by atoms with Crippen LogP contribution in [0.25, 0.3) is 5.57 Å². The smallest absolute Gasteiger partial charge is 0.319 e. The number of aliphatic hydroxyl groups excluding tert-OH is 1. The lowest BCUT2D eigenvalue weighted by atomic mass is 9.88. The molecule has 4 nitrogen and oxygen atoms in total. The standard InChI is InChI=1S/C16H20N2O2/c1-11-5-6-12-3-2-4-13(14(12)9-11)7-8-18-15(19)10-17-16(18)20/h4-6,9,15,19H,2-3,7-8,10H2,1H3,(H,17,20). The van der Waals surface area contributed by atoms with Gasteiger partial charge in [-0.1, -0.05) is 29.8 Å². The first-order valence-electron chi connectivity index (χ1n) is 7.16. The van der Waals surface area contributed by atoms with Crippen LogP contribution >= 0.6 is 0 Å². The van der Waals surface area contributed by atoms with Gasteiger partial charge >= 0.3 is 6.03 Å². The lowest BCUT2D eigenvalue weighted by molar-refractivity contribution is 0.0663. The minimum Gasteiger partial charge on any atom is -0.372 e. The van der Waals surface area contributed by atoms with Crippen LogP contribution in [0.5, 0.6) is 0 Å². The van der Waals surface area contributed by atoms with Crippen LogP contribution in [0.15, 0.2) is 24.3 Å². The van der Waals surface area contributed by atoms with Crippen LogP contribution in [0.3, 0.4) is 0 Å². The molecule has 1 aromatic rings. The maximum atomic E-state index is 11.6. The third kappa shape index (κ3) is 2.43. The number of carbonyl (C=O) groups excluding carboxylic acids is 1. The molecule has 1 aliphatic carbocycles. The van der Waals surface area contributed by atoms with Crippen molar-refractivity contribution in [3.63, 3.8) is 0 Å². The van der Waals surface area contributed by atoms with E-state index in [1.165, 1.54) is 27.2 Å². The van der Waals surface area contributed by atoms with Gasteiger partial charge in [-0.25, -0.2) is 4.79 Å². The van der Waals surface area contributed by atoms with E-state index in [4.69, 9.17) is 0 Å². The van der Waals surface area contributed by atoms with Crippen LogP contribution in [-0.4, -0.2) is 35.4 Å². The number of carbonyl (C=O) groups is 1. The van der Waals surface area contributed by atoms with Gasteiger partial charge in [-0.05, 0) is 42.9 Å². The van der Waals surface area contributed by atoms with Crippen molar-refractivity contribution in [2.45, 2.75) is 32.4 Å². The SMILES string of the molecule is Cc1ccc2c(c1)C(CCN1C(=O)NCC1O)=CCC2. The van der Waals surface area contributed by atoms with Crippen LogP contribution in [0.4, 0.5) is 4.79 Å². The second kappa shape index (κ2) is 5.29. The Balaban J connectivity index is 1.74. The first-order valence-corrected chi connectivity index (χ1v) is 7.16. The highest BCUT2D eigenvalue weighted by molar-refractivity contribution is 5.77. The predicted molar refractivity (Wildman–Crippen MR) is 78.2 cm³/mol. The van der Waals surface area contributed by atoms with E-state index in [1.807, 2.05) is 0 Å². The van der Waals surface area contributed by atoms with Crippen LogP contribution in [-0.2, 0) is 6.42 Å². The molecule has 0 bridgehead atoms. The van der Waals surface area contributed by atoms with Gasteiger partial charge in [0.1, 0.15) is 6.23 Å². The van der Waals surface area contributed by atoms with E-state index in [0.29, 0.717) is 13.1 Å². The van der Waals surface area contributed by atoms with Gasteiger partial charge in [0.15, 0.2) is 0 Å². The number of rotatable bonds is 3. The summed E-state index contributed by atoms with van der Waals surface area (Å²) in [6.45, 7) is 2.99. The summed E-state index contributed by atoms with van der Waals surface area (Å²) < 4.78 is 0. The summed E-state index contributed by atoms with van der Waals surface area (Å²) in [5, 5.41) is 12.4. The molecule has 1 saturated heterocycles. The van der Waals surface area contributed by atoms with Crippen molar-refractivity contribution in [1.82, 2.24) is 10.2 Å². The van der Waals surface area contributed by atoms with Gasteiger partial charge in [-0.2, -0.15) is 0 Å². The minimum atomic E-state index is -0.691. The number of β-amino-alcohol motifs (C(OH)–C–C–N with tert-alkyl or cyclic N) is 1. The molecule has 2 aliphatic rings. The molecule has 20 heavy (non-hydrogen) atoms. The molecule has 1 atom stereocenters. The number of hydrogen-bond donors (Lipinski definition) is 2. The average molecular weight is 272 g/mol. The predicted octanol–water partition coefficient (Wildman–Crippen LogP) is 2.06. The normalized spacial score (nSPS) is 21.5. The summed E-state index contributed by atoms with van der Waals surface area (Å²) in [4.78, 5) is 13.1. The van der Waals surface area contributed by atoms with Gasteiger partial charge in [0, 0.05) is 6.54 Å². The van der Waals surface area contributed by atoms with Crippen molar-refractivity contribution in [1.29, 1.82) is 0 Å². The van der Waals surface area contributed by atoms with Crippen molar-refractivity contribution >= 4 is 11.6 Å². The van der Waals surface area contributed by atoms with Gasteiger partial charge in [0.2, 0.25) is 0 Å². The molecule has 1 fully saturated rings. The molecular formula is C16H20N2O2. The van der Waals surface area contributed by atoms with Crippen molar-refractivity contribution in [2.24, 2.45) is 0 Å². The zero-order valence-corrected chi connectivity index (χ0v) is 11.7. The third-order valence-corrected chi connectivity index (χ3v) is 4.09. The van der Waals surface area contributed by atoms with E-state index in [9.17, 15) is 9.90 Å². The number of nitrogens with zero attached hydrogens (tertiary/aromatic N) is 1. The molecule has 3 rings (SSSR count). The molecule has 2 amide bonds. The number of fused-ring (bicyclic) bond motifs is 1. The largest absolute Gasteiger partial charge is 0.372 e. The lowest BCUT2D eigenvalue weighted by Crippen LogP contribution is -2.35. The monoisotopic (exact) mass is 272 g/mol. The van der Waals surface area contributed by atoms with Gasteiger partial charge in [0.05, 0.1) is 6.54 Å². The fraction of sp³-hybridized carbons (Fsp3) is 0.438. The van der Waals surface area contributed by atoms with E-state index in [2.05, 4.69) is 36.5 Å². The average Bonchev–Trinajstić information content (AvgIpc) is 2.76. The van der Waals surface area contributed by atoms with Gasteiger partial charge in [-0.15, -0.1) is 0 Å². The summed E-state index contributed by atoms with van der Waals surface area (Å²) in [5.74, 6) is 0. The van der Waals surface area contributed by atoms with Crippen LogP contribution in [0.2, 0.25) is 0 Å². The Bertz CT molecular complexity index is 566. The molecule has 2 N–H and O–H groups in total. The number of amides is 2. The van der Waals surface area contributed by atoms with Crippen molar-refractivity contribution < 1.29 is 9.90 Å². The van der Waals surface area contributed by atoms with Crippen LogP contribution in [0.1, 0.15) is 29.5 Å². The van der Waals surface area contributed by atoms with Crippen molar-refractivity contribution in [2.75, 3.05) is 13.1 Å². The Hall–Kier alpha value is -1.81. The molecule has 1 unspecified atom stereocenters. The second-order valence-electron chi connectivity index (χ2n) is 5.54. The molecule has 0 aromatic heterocycles. The molecule has 0 radical (unpaired) electrons. The fourth-order valence-corrected chi connectivity index (χ4v) is 2.97. The number of hydrogen-bond acceptors (Lipinski definition) is 2.